The first-order valence-corrected chi connectivity index (χ1v) is 10.2. The average molecular weight is 341 g/mol. The number of rotatable bonds is 7. The lowest BCUT2D eigenvalue weighted by molar-refractivity contribution is 0.0688. The van der Waals surface area contributed by atoms with Gasteiger partial charge in [0.25, 0.3) is 5.91 Å². The number of amides is 1. The summed E-state index contributed by atoms with van der Waals surface area (Å²) in [5.41, 5.74) is 1.33. The molecular formula is C16H27N3O3S. The van der Waals surface area contributed by atoms with Gasteiger partial charge in [0, 0.05) is 18.3 Å². The van der Waals surface area contributed by atoms with E-state index in [2.05, 4.69) is 31.0 Å². The van der Waals surface area contributed by atoms with Crippen LogP contribution < -0.4 is 0 Å². The molecule has 1 atom stereocenters. The minimum absolute atomic E-state index is 0.0751. The molecule has 1 fully saturated rings. The topological polar surface area (TPSA) is 83.1 Å². The maximum atomic E-state index is 12.8. The van der Waals surface area contributed by atoms with Crippen molar-refractivity contribution in [3.63, 3.8) is 0 Å². The SMILES string of the molecule is CCCCN(C(=O)c1cc(CC(C)C)[nH]n1)C1CCS(=O)(=O)C1. The van der Waals surface area contributed by atoms with E-state index in [0.29, 0.717) is 24.6 Å². The Balaban J connectivity index is 2.14. The third kappa shape index (κ3) is 4.80. The van der Waals surface area contributed by atoms with Crippen LogP contribution in [0.1, 0.15) is 56.2 Å². The summed E-state index contributed by atoms with van der Waals surface area (Å²) in [5, 5.41) is 7.06. The van der Waals surface area contributed by atoms with Gasteiger partial charge in [-0.2, -0.15) is 5.10 Å². The summed E-state index contributed by atoms with van der Waals surface area (Å²) in [5.74, 6) is 0.569. The summed E-state index contributed by atoms with van der Waals surface area (Å²) in [4.78, 5) is 14.5. The lowest BCUT2D eigenvalue weighted by Crippen LogP contribution is -2.42. The maximum Gasteiger partial charge on any atom is 0.274 e. The third-order valence-electron chi connectivity index (χ3n) is 4.14. The van der Waals surface area contributed by atoms with E-state index in [1.165, 1.54) is 0 Å². The quantitative estimate of drug-likeness (QED) is 0.822. The molecule has 1 aromatic rings. The second-order valence-electron chi connectivity index (χ2n) is 6.79. The van der Waals surface area contributed by atoms with E-state index in [9.17, 15) is 13.2 Å². The van der Waals surface area contributed by atoms with Crippen LogP contribution in [-0.4, -0.2) is 53.5 Å². The van der Waals surface area contributed by atoms with E-state index < -0.39 is 9.84 Å². The van der Waals surface area contributed by atoms with Crippen molar-refractivity contribution in [2.45, 2.75) is 52.5 Å². The number of sulfone groups is 1. The van der Waals surface area contributed by atoms with Crippen molar-refractivity contribution in [1.29, 1.82) is 0 Å². The van der Waals surface area contributed by atoms with Gasteiger partial charge in [0.05, 0.1) is 11.5 Å². The van der Waals surface area contributed by atoms with Crippen molar-refractivity contribution in [2.75, 3.05) is 18.1 Å². The number of unbranched alkanes of at least 4 members (excludes halogenated alkanes) is 1. The molecule has 2 heterocycles. The molecule has 1 aliphatic heterocycles. The lowest BCUT2D eigenvalue weighted by atomic mass is 10.1. The molecule has 1 amide bonds. The third-order valence-corrected chi connectivity index (χ3v) is 5.89. The zero-order chi connectivity index (χ0) is 17.0. The van der Waals surface area contributed by atoms with Gasteiger partial charge >= 0.3 is 0 Å². The Kier molecular flexibility index (Phi) is 5.84. The van der Waals surface area contributed by atoms with Gasteiger partial charge < -0.3 is 4.90 Å². The maximum absolute atomic E-state index is 12.8. The van der Waals surface area contributed by atoms with Gasteiger partial charge in [-0.25, -0.2) is 8.42 Å². The fraction of sp³-hybridized carbons (Fsp3) is 0.750. The van der Waals surface area contributed by atoms with E-state index in [0.717, 1.165) is 25.0 Å². The van der Waals surface area contributed by atoms with Crippen LogP contribution in [0.2, 0.25) is 0 Å². The molecule has 0 spiro atoms. The number of carbonyl (C=O) groups is 1. The van der Waals surface area contributed by atoms with Crippen LogP contribution in [-0.2, 0) is 16.3 Å². The molecule has 1 saturated heterocycles. The molecule has 2 rings (SSSR count). The fourth-order valence-electron chi connectivity index (χ4n) is 2.96. The van der Waals surface area contributed by atoms with Gasteiger partial charge in [0.2, 0.25) is 0 Å². The minimum Gasteiger partial charge on any atom is -0.333 e. The lowest BCUT2D eigenvalue weighted by Gasteiger charge is -2.27. The Morgan fingerprint density at radius 3 is 2.78 bits per heavy atom. The van der Waals surface area contributed by atoms with Crippen molar-refractivity contribution in [3.05, 3.63) is 17.5 Å². The number of hydrogen-bond donors (Lipinski definition) is 1. The summed E-state index contributed by atoms with van der Waals surface area (Å²) in [6.45, 7) is 6.86. The molecule has 130 valence electrons. The van der Waals surface area contributed by atoms with Crippen molar-refractivity contribution < 1.29 is 13.2 Å². The number of nitrogens with one attached hydrogen (secondary N) is 1. The number of H-pyrrole nitrogens is 1. The highest BCUT2D eigenvalue weighted by Crippen LogP contribution is 2.20. The fourth-order valence-corrected chi connectivity index (χ4v) is 4.69. The Hall–Kier alpha value is -1.37. The standard InChI is InChI=1S/C16H27N3O3S/c1-4-5-7-19(14-6-8-23(21,22)11-14)16(20)15-10-13(17-18-15)9-12(2)3/h10,12,14H,4-9,11H2,1-3H3,(H,17,18). The molecule has 0 aromatic carbocycles. The smallest absolute Gasteiger partial charge is 0.274 e. The number of hydrogen-bond acceptors (Lipinski definition) is 4. The molecule has 7 heteroatoms. The van der Waals surface area contributed by atoms with E-state index in [1.807, 2.05) is 0 Å². The Morgan fingerprint density at radius 2 is 2.22 bits per heavy atom. The molecule has 6 nitrogen and oxygen atoms in total. The van der Waals surface area contributed by atoms with Gasteiger partial charge in [-0.05, 0) is 31.2 Å². The summed E-state index contributed by atoms with van der Waals surface area (Å²) in [7, 11) is -3.01. The average Bonchev–Trinajstić information content (AvgIpc) is 3.05. The number of aromatic amines is 1. The second kappa shape index (κ2) is 7.47. The molecule has 1 unspecified atom stereocenters. The van der Waals surface area contributed by atoms with E-state index >= 15 is 0 Å². The van der Waals surface area contributed by atoms with E-state index in [4.69, 9.17) is 0 Å². The highest BCUT2D eigenvalue weighted by molar-refractivity contribution is 7.91. The molecule has 0 saturated carbocycles. The number of carbonyl (C=O) groups excluding carboxylic acids is 1. The predicted octanol–water partition coefficient (Wildman–Crippen LogP) is 2.04. The summed E-state index contributed by atoms with van der Waals surface area (Å²) >= 11 is 0. The molecule has 23 heavy (non-hydrogen) atoms. The van der Waals surface area contributed by atoms with Crippen molar-refractivity contribution in [1.82, 2.24) is 15.1 Å². The molecule has 1 aromatic heterocycles. The minimum atomic E-state index is -3.01. The molecule has 0 radical (unpaired) electrons. The van der Waals surface area contributed by atoms with Crippen LogP contribution in [0.25, 0.3) is 0 Å². The largest absolute Gasteiger partial charge is 0.333 e. The molecular weight excluding hydrogens is 314 g/mol. The van der Waals surface area contributed by atoms with Crippen molar-refractivity contribution in [2.24, 2.45) is 5.92 Å². The first kappa shape index (κ1) is 18.0. The summed E-state index contributed by atoms with van der Waals surface area (Å²) in [6, 6.07) is 1.58. The predicted molar refractivity (Wildman–Crippen MR) is 90.1 cm³/mol. The monoisotopic (exact) mass is 341 g/mol. The zero-order valence-electron chi connectivity index (χ0n) is 14.2. The Bertz CT molecular complexity index is 637. The van der Waals surface area contributed by atoms with Gasteiger partial charge in [-0.15, -0.1) is 0 Å². The van der Waals surface area contributed by atoms with Crippen molar-refractivity contribution in [3.8, 4) is 0 Å². The van der Waals surface area contributed by atoms with Crippen LogP contribution >= 0.6 is 0 Å². The van der Waals surface area contributed by atoms with E-state index in [1.54, 1.807) is 11.0 Å². The first-order chi connectivity index (χ1) is 10.8. The van der Waals surface area contributed by atoms with Gasteiger partial charge in [0.1, 0.15) is 5.69 Å². The molecule has 0 aliphatic carbocycles. The van der Waals surface area contributed by atoms with Crippen LogP contribution in [0.4, 0.5) is 0 Å². The second-order valence-corrected chi connectivity index (χ2v) is 9.01. The zero-order valence-corrected chi connectivity index (χ0v) is 15.0. The van der Waals surface area contributed by atoms with Crippen molar-refractivity contribution >= 4 is 15.7 Å². The van der Waals surface area contributed by atoms with Crippen LogP contribution in [0.3, 0.4) is 0 Å². The van der Waals surface area contributed by atoms with E-state index in [-0.39, 0.29) is 23.5 Å². The highest BCUT2D eigenvalue weighted by atomic mass is 32.2. The van der Waals surface area contributed by atoms with Gasteiger partial charge in [0.15, 0.2) is 9.84 Å². The van der Waals surface area contributed by atoms with Crippen LogP contribution in [0.5, 0.6) is 0 Å². The summed E-state index contributed by atoms with van der Waals surface area (Å²) < 4.78 is 23.5. The highest BCUT2D eigenvalue weighted by Gasteiger charge is 2.35. The normalized spacial score (nSPS) is 20.1. The van der Waals surface area contributed by atoms with Gasteiger partial charge in [-0.3, -0.25) is 9.89 Å². The summed E-state index contributed by atoms with van der Waals surface area (Å²) in [6.07, 6.45) is 3.20. The van der Waals surface area contributed by atoms with Crippen LogP contribution in [0, 0.1) is 5.92 Å². The Morgan fingerprint density at radius 1 is 1.48 bits per heavy atom. The van der Waals surface area contributed by atoms with Gasteiger partial charge in [-0.1, -0.05) is 27.2 Å². The number of nitrogens with zero attached hydrogens (tertiary/aromatic N) is 2. The Labute approximate surface area is 138 Å². The molecule has 0 bridgehead atoms. The molecule has 1 aliphatic rings. The number of aromatic nitrogens is 2. The first-order valence-electron chi connectivity index (χ1n) is 8.38. The van der Waals surface area contributed by atoms with Crippen LogP contribution in [0.15, 0.2) is 6.07 Å². The molecule has 1 N–H and O–H groups in total.